The molecule has 0 radical (unpaired) electrons. The van der Waals surface area contributed by atoms with E-state index in [1.807, 2.05) is 0 Å². The summed E-state index contributed by atoms with van der Waals surface area (Å²) in [6.07, 6.45) is -7.90. The van der Waals surface area contributed by atoms with Crippen LogP contribution in [-0.4, -0.2) is 80.7 Å². The number of carbonyl (C=O) groups excluding carboxylic acids is 1. The van der Waals surface area contributed by atoms with Crippen molar-refractivity contribution in [1.82, 2.24) is 5.32 Å². The predicted octanol–water partition coefficient (Wildman–Crippen LogP) is -4.47. The zero-order valence-electron chi connectivity index (χ0n) is 8.69. The molecule has 0 aromatic heterocycles. The molecular formula is C8H17NO7. The van der Waals surface area contributed by atoms with E-state index in [-0.39, 0.29) is 6.29 Å². The lowest BCUT2D eigenvalue weighted by molar-refractivity contribution is -0.190. The SMILES string of the molecule is CNC(O)(CO)C(O)C(O)C(O)C(O)C=O. The van der Waals surface area contributed by atoms with Crippen LogP contribution in [0.5, 0.6) is 0 Å². The number of hydrogen-bond donors (Lipinski definition) is 7. The van der Waals surface area contributed by atoms with Crippen molar-refractivity contribution in [3.63, 3.8) is 0 Å². The summed E-state index contributed by atoms with van der Waals surface area (Å²) >= 11 is 0. The molecule has 7 N–H and O–H groups in total. The van der Waals surface area contributed by atoms with Crippen LogP contribution in [-0.2, 0) is 4.79 Å². The van der Waals surface area contributed by atoms with Crippen LogP contribution in [0.3, 0.4) is 0 Å². The van der Waals surface area contributed by atoms with Gasteiger partial charge in [-0.3, -0.25) is 5.32 Å². The maximum atomic E-state index is 10.1. The summed E-state index contributed by atoms with van der Waals surface area (Å²) in [5.74, 6) is 0. The third-order valence-corrected chi connectivity index (χ3v) is 2.33. The van der Waals surface area contributed by atoms with Crippen LogP contribution in [0.25, 0.3) is 0 Å². The number of nitrogens with one attached hydrogen (secondary N) is 1. The summed E-state index contributed by atoms with van der Waals surface area (Å²) < 4.78 is 0. The highest BCUT2D eigenvalue weighted by Gasteiger charge is 2.42. The molecule has 0 fully saturated rings. The fraction of sp³-hybridized carbons (Fsp3) is 0.875. The first kappa shape index (κ1) is 15.4. The molecule has 0 aliphatic heterocycles. The summed E-state index contributed by atoms with van der Waals surface area (Å²) in [4.78, 5) is 10.1. The second-order valence-corrected chi connectivity index (χ2v) is 3.39. The molecule has 0 bridgehead atoms. The first-order valence-corrected chi connectivity index (χ1v) is 4.53. The Morgan fingerprint density at radius 2 is 1.75 bits per heavy atom. The van der Waals surface area contributed by atoms with Gasteiger partial charge in [-0.2, -0.15) is 0 Å². The second kappa shape index (κ2) is 6.21. The zero-order chi connectivity index (χ0) is 12.9. The fourth-order valence-corrected chi connectivity index (χ4v) is 1.07. The molecule has 0 aliphatic rings. The standard InChI is InChI=1S/C8H17NO7/c1-9-8(16,3-11)7(15)6(14)5(13)4(12)2-10/h2,4-7,9,11-16H,3H2,1H3. The van der Waals surface area contributed by atoms with Gasteiger partial charge in [-0.25, -0.2) is 0 Å². The molecule has 0 saturated heterocycles. The van der Waals surface area contributed by atoms with E-state index in [0.29, 0.717) is 0 Å². The van der Waals surface area contributed by atoms with E-state index in [1.54, 1.807) is 0 Å². The van der Waals surface area contributed by atoms with Gasteiger partial charge in [0.05, 0.1) is 6.61 Å². The van der Waals surface area contributed by atoms with Crippen molar-refractivity contribution in [3.8, 4) is 0 Å². The van der Waals surface area contributed by atoms with Gasteiger partial charge in [0.1, 0.15) is 24.4 Å². The lowest BCUT2D eigenvalue weighted by Crippen LogP contribution is -2.63. The number of aliphatic hydroxyl groups excluding tert-OH is 5. The average molecular weight is 239 g/mol. The Bertz CT molecular complexity index is 220. The summed E-state index contributed by atoms with van der Waals surface area (Å²) in [6, 6.07) is 0. The monoisotopic (exact) mass is 239 g/mol. The molecule has 8 nitrogen and oxygen atoms in total. The van der Waals surface area contributed by atoms with Gasteiger partial charge in [0, 0.05) is 0 Å². The maximum absolute atomic E-state index is 10.1. The molecule has 0 rings (SSSR count). The van der Waals surface area contributed by atoms with Crippen LogP contribution in [0, 0.1) is 0 Å². The van der Waals surface area contributed by atoms with E-state index >= 15 is 0 Å². The highest BCUT2D eigenvalue weighted by molar-refractivity contribution is 5.56. The van der Waals surface area contributed by atoms with E-state index in [2.05, 4.69) is 5.32 Å². The molecule has 0 amide bonds. The Morgan fingerprint density at radius 1 is 1.25 bits per heavy atom. The molecule has 16 heavy (non-hydrogen) atoms. The van der Waals surface area contributed by atoms with Crippen molar-refractivity contribution in [3.05, 3.63) is 0 Å². The van der Waals surface area contributed by atoms with E-state index in [4.69, 9.17) is 10.2 Å². The lowest BCUT2D eigenvalue weighted by atomic mass is 9.96. The highest BCUT2D eigenvalue weighted by Crippen LogP contribution is 2.14. The van der Waals surface area contributed by atoms with Gasteiger partial charge in [-0.05, 0) is 7.05 Å². The summed E-state index contributed by atoms with van der Waals surface area (Å²) in [5.41, 5.74) is -2.25. The van der Waals surface area contributed by atoms with Crippen molar-refractivity contribution < 1.29 is 35.4 Å². The molecular weight excluding hydrogens is 222 g/mol. The van der Waals surface area contributed by atoms with Crippen LogP contribution < -0.4 is 5.32 Å². The molecule has 96 valence electrons. The van der Waals surface area contributed by atoms with Gasteiger partial charge in [0.25, 0.3) is 0 Å². The lowest BCUT2D eigenvalue weighted by Gasteiger charge is -2.35. The molecule has 0 saturated carbocycles. The summed E-state index contributed by atoms with van der Waals surface area (Å²) in [7, 11) is 1.20. The Balaban J connectivity index is 4.71. The van der Waals surface area contributed by atoms with Gasteiger partial charge in [0.15, 0.2) is 12.0 Å². The van der Waals surface area contributed by atoms with Crippen LogP contribution in [0.4, 0.5) is 0 Å². The minimum atomic E-state index is -2.25. The average Bonchev–Trinajstić information content (AvgIpc) is 2.33. The van der Waals surface area contributed by atoms with E-state index in [9.17, 15) is 25.2 Å². The Kier molecular flexibility index (Phi) is 5.97. The van der Waals surface area contributed by atoms with Crippen molar-refractivity contribution in [1.29, 1.82) is 0 Å². The van der Waals surface area contributed by atoms with Crippen molar-refractivity contribution in [2.45, 2.75) is 30.1 Å². The van der Waals surface area contributed by atoms with Crippen molar-refractivity contribution in [2.24, 2.45) is 0 Å². The van der Waals surface area contributed by atoms with Gasteiger partial charge >= 0.3 is 0 Å². The molecule has 0 aromatic rings. The first-order valence-electron chi connectivity index (χ1n) is 4.53. The number of aliphatic hydroxyl groups is 6. The molecule has 0 heterocycles. The predicted molar refractivity (Wildman–Crippen MR) is 51.2 cm³/mol. The minimum Gasteiger partial charge on any atom is -0.392 e. The van der Waals surface area contributed by atoms with Crippen LogP contribution in [0.2, 0.25) is 0 Å². The van der Waals surface area contributed by atoms with E-state index < -0.39 is 36.7 Å². The van der Waals surface area contributed by atoms with Gasteiger partial charge in [0.2, 0.25) is 0 Å². The van der Waals surface area contributed by atoms with Crippen LogP contribution in [0.15, 0.2) is 0 Å². The largest absolute Gasteiger partial charge is 0.392 e. The molecule has 0 aromatic carbocycles. The number of hydrogen-bond acceptors (Lipinski definition) is 8. The maximum Gasteiger partial charge on any atom is 0.167 e. The van der Waals surface area contributed by atoms with E-state index in [1.165, 1.54) is 7.05 Å². The summed E-state index contributed by atoms with van der Waals surface area (Å²) in [5, 5.41) is 57.3. The van der Waals surface area contributed by atoms with Gasteiger partial charge in [-0.1, -0.05) is 0 Å². The van der Waals surface area contributed by atoms with Gasteiger partial charge < -0.3 is 35.4 Å². The Hall–Kier alpha value is -0.610. The molecule has 8 heteroatoms. The molecule has 5 atom stereocenters. The van der Waals surface area contributed by atoms with Crippen molar-refractivity contribution >= 4 is 6.29 Å². The number of rotatable bonds is 7. The fourth-order valence-electron chi connectivity index (χ4n) is 1.07. The topological polar surface area (TPSA) is 150 Å². The Morgan fingerprint density at radius 3 is 2.06 bits per heavy atom. The third kappa shape index (κ3) is 3.19. The quantitative estimate of drug-likeness (QED) is 0.173. The zero-order valence-corrected chi connectivity index (χ0v) is 8.69. The normalized spacial score (nSPS) is 22.9. The number of aldehydes is 1. The minimum absolute atomic E-state index is 0.0298. The number of likely N-dealkylation sites (N-methyl/N-ethyl adjacent to an activating group) is 1. The second-order valence-electron chi connectivity index (χ2n) is 3.39. The number of carbonyl (C=O) groups is 1. The first-order chi connectivity index (χ1) is 7.33. The van der Waals surface area contributed by atoms with Crippen molar-refractivity contribution in [2.75, 3.05) is 13.7 Å². The molecule has 0 aliphatic carbocycles. The van der Waals surface area contributed by atoms with Gasteiger partial charge in [-0.15, -0.1) is 0 Å². The van der Waals surface area contributed by atoms with Crippen LogP contribution >= 0.6 is 0 Å². The smallest absolute Gasteiger partial charge is 0.167 e. The third-order valence-electron chi connectivity index (χ3n) is 2.33. The summed E-state index contributed by atoms with van der Waals surface area (Å²) in [6.45, 7) is -0.939. The van der Waals surface area contributed by atoms with Crippen LogP contribution in [0.1, 0.15) is 0 Å². The molecule has 0 spiro atoms. The Labute approximate surface area is 91.8 Å². The van der Waals surface area contributed by atoms with E-state index in [0.717, 1.165) is 0 Å². The highest BCUT2D eigenvalue weighted by atomic mass is 16.4. The molecule has 5 unspecified atom stereocenters.